The molecule has 0 fully saturated rings. The molecule has 2 rings (SSSR count). The van der Waals surface area contributed by atoms with Crippen LogP contribution in [0.5, 0.6) is 0 Å². The van der Waals surface area contributed by atoms with Crippen LogP contribution < -0.4 is 10.6 Å². The number of aryl methyl sites for hydroxylation is 1. The summed E-state index contributed by atoms with van der Waals surface area (Å²) in [5, 5.41) is 8.73. The number of halogens is 3. The molecule has 0 aliphatic rings. The van der Waals surface area contributed by atoms with Crippen molar-refractivity contribution in [1.82, 2.24) is 20.1 Å². The number of carbonyl (C=O) groups is 2. The van der Waals surface area contributed by atoms with E-state index in [2.05, 4.69) is 20.7 Å². The first-order valence-electron chi connectivity index (χ1n) is 7.38. The predicted octanol–water partition coefficient (Wildman–Crippen LogP) is 2.13. The molecule has 0 radical (unpaired) electrons. The van der Waals surface area contributed by atoms with Gasteiger partial charge in [0.15, 0.2) is 0 Å². The zero-order chi connectivity index (χ0) is 18.6. The van der Waals surface area contributed by atoms with Gasteiger partial charge in [0.25, 0.3) is 0 Å². The fraction of sp³-hybridized carbons (Fsp3) is 0.333. The molecule has 0 bridgehead atoms. The van der Waals surface area contributed by atoms with E-state index in [0.29, 0.717) is 17.8 Å². The highest BCUT2D eigenvalue weighted by Crippen LogP contribution is 2.27. The minimum absolute atomic E-state index is 0.341. The Morgan fingerprint density at radius 3 is 2.48 bits per heavy atom. The van der Waals surface area contributed by atoms with Crippen molar-refractivity contribution in [3.63, 3.8) is 0 Å². The number of alkyl halides is 3. The predicted molar refractivity (Wildman–Crippen MR) is 82.3 cm³/mol. The van der Waals surface area contributed by atoms with Gasteiger partial charge in [-0.15, -0.1) is 0 Å². The Morgan fingerprint density at radius 1 is 1.24 bits per heavy atom. The van der Waals surface area contributed by atoms with Crippen molar-refractivity contribution in [3.05, 3.63) is 42.0 Å². The first-order chi connectivity index (χ1) is 11.7. The van der Waals surface area contributed by atoms with Crippen molar-refractivity contribution in [3.8, 4) is 0 Å². The van der Waals surface area contributed by atoms with E-state index < -0.39 is 29.7 Å². The van der Waals surface area contributed by atoms with E-state index in [9.17, 15) is 22.8 Å². The molecule has 0 unspecified atom stereocenters. The third-order valence-corrected chi connectivity index (χ3v) is 3.35. The van der Waals surface area contributed by atoms with Gasteiger partial charge in [-0.25, -0.2) is 0 Å². The van der Waals surface area contributed by atoms with Crippen molar-refractivity contribution in [2.24, 2.45) is 0 Å². The number of amides is 2. The van der Waals surface area contributed by atoms with Crippen molar-refractivity contribution in [2.45, 2.75) is 32.6 Å². The van der Waals surface area contributed by atoms with Crippen molar-refractivity contribution < 1.29 is 22.8 Å². The minimum Gasteiger partial charge on any atom is -0.341 e. The summed E-state index contributed by atoms with van der Waals surface area (Å²) in [7, 11) is 0. The average molecular weight is 355 g/mol. The highest BCUT2D eigenvalue weighted by molar-refractivity contribution is 6.39. The summed E-state index contributed by atoms with van der Waals surface area (Å²) in [5.41, 5.74) is -0.320. The molecule has 0 aliphatic heterocycles. The van der Waals surface area contributed by atoms with Crippen LogP contribution in [0, 0.1) is 0 Å². The number of aromatic nitrogens is 3. The zero-order valence-electron chi connectivity index (χ0n) is 13.5. The second kappa shape index (κ2) is 7.32. The molecule has 2 aromatic rings. The lowest BCUT2D eigenvalue weighted by atomic mass is 10.1. The van der Waals surface area contributed by atoms with Crippen molar-refractivity contribution in [1.29, 1.82) is 0 Å². The van der Waals surface area contributed by atoms with Gasteiger partial charge in [0.2, 0.25) is 0 Å². The van der Waals surface area contributed by atoms with Gasteiger partial charge in [-0.1, -0.05) is 6.07 Å². The number of nitrogens with one attached hydrogen (secondary N) is 2. The van der Waals surface area contributed by atoms with E-state index in [1.54, 1.807) is 10.9 Å². The summed E-state index contributed by atoms with van der Waals surface area (Å²) in [5.74, 6) is -1.82. The Morgan fingerprint density at radius 2 is 1.96 bits per heavy atom. The number of nitrogens with zero attached hydrogens (tertiary/aromatic N) is 3. The molecule has 134 valence electrons. The molecule has 0 saturated heterocycles. The van der Waals surface area contributed by atoms with E-state index in [0.717, 1.165) is 12.3 Å². The third-order valence-electron chi connectivity index (χ3n) is 3.35. The average Bonchev–Trinajstić information content (AvgIpc) is 3.01. The fourth-order valence-corrected chi connectivity index (χ4v) is 1.96. The Hall–Kier alpha value is -2.91. The first kappa shape index (κ1) is 18.4. The van der Waals surface area contributed by atoms with Crippen LogP contribution in [0.4, 0.5) is 18.9 Å². The highest BCUT2D eigenvalue weighted by atomic mass is 19.4. The number of hydrogen-bond acceptors (Lipinski definition) is 4. The summed E-state index contributed by atoms with van der Waals surface area (Å²) in [6.07, 6.45) is -0.558. The highest BCUT2D eigenvalue weighted by Gasteiger charge is 2.32. The Bertz CT molecular complexity index is 755. The number of rotatable bonds is 4. The lowest BCUT2D eigenvalue weighted by molar-refractivity contribution is -0.141. The first-order valence-corrected chi connectivity index (χ1v) is 7.38. The van der Waals surface area contributed by atoms with Gasteiger partial charge in [0, 0.05) is 18.9 Å². The molecule has 0 saturated carbocycles. The second-order valence-electron chi connectivity index (χ2n) is 5.21. The summed E-state index contributed by atoms with van der Waals surface area (Å²) in [4.78, 5) is 27.0. The van der Waals surface area contributed by atoms with Gasteiger partial charge in [0.1, 0.15) is 5.69 Å². The molecule has 7 nitrogen and oxygen atoms in total. The van der Waals surface area contributed by atoms with Crippen molar-refractivity contribution >= 4 is 17.5 Å². The Kier molecular flexibility index (Phi) is 5.40. The largest absolute Gasteiger partial charge is 0.433 e. The van der Waals surface area contributed by atoms with E-state index in [1.165, 1.54) is 19.2 Å². The van der Waals surface area contributed by atoms with E-state index >= 15 is 0 Å². The monoisotopic (exact) mass is 355 g/mol. The van der Waals surface area contributed by atoms with Gasteiger partial charge in [-0.2, -0.15) is 18.3 Å². The smallest absolute Gasteiger partial charge is 0.341 e. The summed E-state index contributed by atoms with van der Waals surface area (Å²) >= 11 is 0. The van der Waals surface area contributed by atoms with Crippen LogP contribution >= 0.6 is 0 Å². The molecule has 2 amide bonds. The maximum Gasteiger partial charge on any atom is 0.433 e. The van der Waals surface area contributed by atoms with Crippen LogP contribution in [0.1, 0.15) is 31.1 Å². The summed E-state index contributed by atoms with van der Waals surface area (Å²) < 4.78 is 39.0. The molecule has 0 spiro atoms. The lowest BCUT2D eigenvalue weighted by Crippen LogP contribution is -2.36. The van der Waals surface area contributed by atoms with Crippen molar-refractivity contribution in [2.75, 3.05) is 5.32 Å². The second-order valence-corrected chi connectivity index (χ2v) is 5.21. The lowest BCUT2D eigenvalue weighted by Gasteiger charge is -2.14. The SMILES string of the molecule is CCn1cc(NC(=O)C(=O)N[C@@H](C)c2ccc(C(F)(F)F)nc2)cn1. The summed E-state index contributed by atoms with van der Waals surface area (Å²) in [6, 6.07) is 1.33. The number of anilines is 1. The number of carbonyl (C=O) groups excluding carboxylic acids is 2. The third kappa shape index (κ3) is 4.78. The molecular formula is C15H16F3N5O2. The number of hydrogen-bond donors (Lipinski definition) is 2. The van der Waals surface area contributed by atoms with Gasteiger partial charge in [-0.3, -0.25) is 19.3 Å². The molecule has 1 atom stereocenters. The van der Waals surface area contributed by atoms with Gasteiger partial charge >= 0.3 is 18.0 Å². The molecule has 2 N–H and O–H groups in total. The zero-order valence-corrected chi connectivity index (χ0v) is 13.5. The molecule has 25 heavy (non-hydrogen) atoms. The van der Waals surface area contributed by atoms with Crippen LogP contribution in [0.25, 0.3) is 0 Å². The van der Waals surface area contributed by atoms with Gasteiger partial charge < -0.3 is 10.6 Å². The summed E-state index contributed by atoms with van der Waals surface area (Å²) in [6.45, 7) is 4.01. The van der Waals surface area contributed by atoms with Crippen LogP contribution in [0.3, 0.4) is 0 Å². The topological polar surface area (TPSA) is 88.9 Å². The van der Waals surface area contributed by atoms with Gasteiger partial charge in [-0.05, 0) is 25.5 Å². The Balaban J connectivity index is 1.95. The normalized spacial score (nSPS) is 12.5. The maximum absolute atomic E-state index is 12.5. The van der Waals surface area contributed by atoms with Crippen LogP contribution in [0.2, 0.25) is 0 Å². The molecule has 0 aliphatic carbocycles. The van der Waals surface area contributed by atoms with E-state index in [1.807, 2.05) is 6.92 Å². The number of pyridine rings is 1. The fourth-order valence-electron chi connectivity index (χ4n) is 1.96. The molecular weight excluding hydrogens is 339 g/mol. The Labute approximate surface area is 141 Å². The van der Waals surface area contributed by atoms with E-state index in [4.69, 9.17) is 0 Å². The standard InChI is InChI=1S/C15H16F3N5O2/c1-3-23-8-11(7-20-23)22-14(25)13(24)21-9(2)10-4-5-12(19-6-10)15(16,17)18/h4-9H,3H2,1-2H3,(H,21,24)(H,22,25)/t9-/m0/s1. The van der Waals surface area contributed by atoms with E-state index in [-0.39, 0.29) is 0 Å². The van der Waals surface area contributed by atoms with Gasteiger partial charge in [0.05, 0.1) is 17.9 Å². The van der Waals surface area contributed by atoms with Crippen LogP contribution in [-0.4, -0.2) is 26.6 Å². The molecule has 2 aromatic heterocycles. The van der Waals surface area contributed by atoms with Crippen LogP contribution in [0.15, 0.2) is 30.7 Å². The minimum atomic E-state index is -4.53. The quantitative estimate of drug-likeness (QED) is 0.823. The molecule has 0 aromatic carbocycles. The maximum atomic E-state index is 12.5. The molecule has 10 heteroatoms. The molecule has 2 heterocycles. The van der Waals surface area contributed by atoms with Crippen LogP contribution in [-0.2, 0) is 22.3 Å².